The van der Waals surface area contributed by atoms with Gasteiger partial charge in [-0.3, -0.25) is 9.59 Å². The van der Waals surface area contributed by atoms with E-state index < -0.39 is 28.9 Å². The SMILES string of the molecule is COc1cccc(OCC(=O)NC23CCC(NC(=O)COc4ccc(Cl)c(F)c4)(CC2)[C@@H](O)C3)n1. The van der Waals surface area contributed by atoms with E-state index in [1.54, 1.807) is 18.2 Å². The normalized spacial score (nSPS) is 25.0. The third kappa shape index (κ3) is 5.76. The van der Waals surface area contributed by atoms with Crippen LogP contribution in [-0.2, 0) is 9.59 Å². The van der Waals surface area contributed by atoms with Gasteiger partial charge in [0, 0.05) is 23.7 Å². The van der Waals surface area contributed by atoms with Gasteiger partial charge in [0.25, 0.3) is 11.8 Å². The summed E-state index contributed by atoms with van der Waals surface area (Å²) in [5.74, 6) is -0.536. The molecule has 3 fully saturated rings. The molecule has 3 aliphatic carbocycles. The molecule has 1 aromatic carbocycles. The minimum Gasteiger partial charge on any atom is -0.484 e. The molecule has 188 valence electrons. The second-order valence-electron chi connectivity index (χ2n) is 8.92. The van der Waals surface area contributed by atoms with Crippen molar-refractivity contribution in [3.63, 3.8) is 0 Å². The van der Waals surface area contributed by atoms with Crippen LogP contribution in [0.4, 0.5) is 4.39 Å². The summed E-state index contributed by atoms with van der Waals surface area (Å²) in [6, 6.07) is 8.94. The molecular weight excluding hydrogens is 481 g/mol. The van der Waals surface area contributed by atoms with Gasteiger partial charge in [-0.1, -0.05) is 17.7 Å². The Morgan fingerprint density at radius 3 is 2.46 bits per heavy atom. The van der Waals surface area contributed by atoms with Crippen LogP contribution in [0.15, 0.2) is 36.4 Å². The third-order valence-electron chi connectivity index (χ3n) is 6.63. The van der Waals surface area contributed by atoms with Crippen LogP contribution >= 0.6 is 11.6 Å². The highest BCUT2D eigenvalue weighted by atomic mass is 35.5. The molecule has 3 N–H and O–H groups in total. The molecule has 3 saturated carbocycles. The second-order valence-corrected chi connectivity index (χ2v) is 9.33. The van der Waals surface area contributed by atoms with Gasteiger partial charge in [0.2, 0.25) is 11.8 Å². The molecule has 0 unspecified atom stereocenters. The fourth-order valence-electron chi connectivity index (χ4n) is 4.75. The lowest BCUT2D eigenvalue weighted by Crippen LogP contribution is -2.70. The van der Waals surface area contributed by atoms with Crippen molar-refractivity contribution < 1.29 is 33.3 Å². The number of carbonyl (C=O) groups is 2. The summed E-state index contributed by atoms with van der Waals surface area (Å²) in [7, 11) is 1.49. The highest BCUT2D eigenvalue weighted by molar-refractivity contribution is 6.30. The number of nitrogens with one attached hydrogen (secondary N) is 2. The molecule has 2 aromatic rings. The zero-order chi connectivity index (χ0) is 25.1. The first-order valence-electron chi connectivity index (χ1n) is 11.2. The Labute approximate surface area is 206 Å². The molecule has 0 saturated heterocycles. The molecule has 1 heterocycles. The van der Waals surface area contributed by atoms with Crippen molar-refractivity contribution in [3.05, 3.63) is 47.2 Å². The second kappa shape index (κ2) is 10.2. The van der Waals surface area contributed by atoms with Crippen LogP contribution in [0.25, 0.3) is 0 Å². The van der Waals surface area contributed by atoms with Crippen LogP contribution in [0.2, 0.25) is 5.02 Å². The summed E-state index contributed by atoms with van der Waals surface area (Å²) in [5, 5.41) is 16.7. The van der Waals surface area contributed by atoms with E-state index in [0.29, 0.717) is 38.0 Å². The Morgan fingerprint density at radius 1 is 1.09 bits per heavy atom. The Bertz CT molecular complexity index is 1090. The Kier molecular flexibility index (Phi) is 7.32. The summed E-state index contributed by atoms with van der Waals surface area (Å²) in [6.07, 6.45) is 1.64. The molecule has 0 radical (unpaired) electrons. The average Bonchev–Trinajstić information content (AvgIpc) is 2.85. The van der Waals surface area contributed by atoms with E-state index in [-0.39, 0.29) is 35.8 Å². The van der Waals surface area contributed by atoms with E-state index in [0.717, 1.165) is 6.07 Å². The molecule has 2 bridgehead atoms. The summed E-state index contributed by atoms with van der Waals surface area (Å²) in [5.41, 5.74) is -1.36. The highest BCUT2D eigenvalue weighted by Gasteiger charge is 2.55. The molecule has 5 rings (SSSR count). The van der Waals surface area contributed by atoms with Crippen molar-refractivity contribution >= 4 is 23.4 Å². The predicted octanol–water partition coefficient (Wildman–Crippen LogP) is 2.39. The van der Waals surface area contributed by atoms with Gasteiger partial charge in [-0.15, -0.1) is 0 Å². The average molecular weight is 508 g/mol. The first-order chi connectivity index (χ1) is 16.7. The highest BCUT2D eigenvalue weighted by Crippen LogP contribution is 2.47. The summed E-state index contributed by atoms with van der Waals surface area (Å²) < 4.78 is 29.4. The number of hydrogen-bond acceptors (Lipinski definition) is 7. The van der Waals surface area contributed by atoms with Crippen LogP contribution in [0.5, 0.6) is 17.5 Å². The zero-order valence-corrected chi connectivity index (χ0v) is 19.9. The van der Waals surface area contributed by atoms with Crippen LogP contribution in [-0.4, -0.2) is 59.4 Å². The molecule has 3 aliphatic rings. The minimum atomic E-state index is -0.844. The monoisotopic (exact) mass is 507 g/mol. The van der Waals surface area contributed by atoms with Crippen molar-refractivity contribution in [3.8, 4) is 17.5 Å². The number of benzene rings is 1. The van der Waals surface area contributed by atoms with Crippen LogP contribution < -0.4 is 24.8 Å². The number of amides is 2. The number of aliphatic hydroxyl groups is 1. The van der Waals surface area contributed by atoms with E-state index in [9.17, 15) is 19.1 Å². The van der Waals surface area contributed by atoms with E-state index in [2.05, 4.69) is 15.6 Å². The summed E-state index contributed by atoms with van der Waals surface area (Å²) in [6.45, 7) is -0.546. The number of methoxy groups -OCH3 is 1. The lowest BCUT2D eigenvalue weighted by molar-refractivity contribution is -0.137. The number of rotatable bonds is 9. The maximum absolute atomic E-state index is 13.5. The van der Waals surface area contributed by atoms with Gasteiger partial charge < -0.3 is 30.0 Å². The first kappa shape index (κ1) is 25.0. The van der Waals surface area contributed by atoms with Gasteiger partial charge in [-0.25, -0.2) is 4.39 Å². The lowest BCUT2D eigenvalue weighted by atomic mass is 9.60. The van der Waals surface area contributed by atoms with Gasteiger partial charge in [0.15, 0.2) is 13.2 Å². The van der Waals surface area contributed by atoms with Crippen LogP contribution in [0, 0.1) is 5.82 Å². The fourth-order valence-corrected chi connectivity index (χ4v) is 4.87. The fraction of sp³-hybridized carbons (Fsp3) is 0.458. The number of hydrogen-bond donors (Lipinski definition) is 3. The lowest BCUT2D eigenvalue weighted by Gasteiger charge is -2.56. The van der Waals surface area contributed by atoms with E-state index in [4.69, 9.17) is 25.8 Å². The van der Waals surface area contributed by atoms with Crippen LogP contribution in [0.3, 0.4) is 0 Å². The number of halogens is 2. The quantitative estimate of drug-likeness (QED) is 0.477. The Morgan fingerprint density at radius 2 is 1.77 bits per heavy atom. The molecule has 9 nitrogen and oxygen atoms in total. The Hall–Kier alpha value is -3.11. The molecule has 0 spiro atoms. The number of aliphatic hydroxyl groups excluding tert-OH is 1. The summed E-state index contributed by atoms with van der Waals surface area (Å²) in [4.78, 5) is 29.2. The number of pyridine rings is 1. The van der Waals surface area contributed by atoms with E-state index in [1.165, 1.54) is 19.2 Å². The standard InChI is InChI=1S/C24H27ClFN3O6/c1-33-21-3-2-4-22(27-21)35-14-19(31)28-23-7-9-24(10-8-23,18(30)12-23)29-20(32)13-34-15-5-6-16(25)17(26)11-15/h2-6,11,18,30H,7-10,12-14H2,1H3,(H,28,31)(H,29,32)/t18-,23?,24?/m0/s1. The maximum atomic E-state index is 13.5. The third-order valence-corrected chi connectivity index (χ3v) is 6.94. The van der Waals surface area contributed by atoms with Crippen LogP contribution in [0.1, 0.15) is 32.1 Å². The first-order valence-corrected chi connectivity index (χ1v) is 11.6. The van der Waals surface area contributed by atoms with Gasteiger partial charge in [-0.2, -0.15) is 4.98 Å². The minimum absolute atomic E-state index is 0.0349. The number of aromatic nitrogens is 1. The molecule has 0 aliphatic heterocycles. The van der Waals surface area contributed by atoms with E-state index in [1.807, 2.05) is 0 Å². The van der Waals surface area contributed by atoms with E-state index >= 15 is 0 Å². The number of carbonyl (C=O) groups excluding carboxylic acids is 2. The predicted molar refractivity (Wildman–Crippen MR) is 124 cm³/mol. The van der Waals surface area contributed by atoms with Gasteiger partial charge in [0.1, 0.15) is 11.6 Å². The number of nitrogens with zero attached hydrogens (tertiary/aromatic N) is 1. The molecule has 1 aromatic heterocycles. The van der Waals surface area contributed by atoms with Crippen molar-refractivity contribution in [1.29, 1.82) is 0 Å². The number of ether oxygens (including phenoxy) is 3. The van der Waals surface area contributed by atoms with Gasteiger partial charge >= 0.3 is 0 Å². The number of fused-ring (bicyclic) bond motifs is 3. The molecule has 11 heteroatoms. The van der Waals surface area contributed by atoms with Crippen molar-refractivity contribution in [2.75, 3.05) is 20.3 Å². The molecular formula is C24H27ClFN3O6. The van der Waals surface area contributed by atoms with Gasteiger partial charge in [0.05, 0.1) is 23.8 Å². The van der Waals surface area contributed by atoms with Gasteiger partial charge in [-0.05, 0) is 44.2 Å². The van der Waals surface area contributed by atoms with Crippen molar-refractivity contribution in [2.45, 2.75) is 49.3 Å². The molecule has 2 amide bonds. The largest absolute Gasteiger partial charge is 0.484 e. The smallest absolute Gasteiger partial charge is 0.258 e. The Balaban J connectivity index is 1.27. The molecule has 1 atom stereocenters. The zero-order valence-electron chi connectivity index (χ0n) is 19.2. The maximum Gasteiger partial charge on any atom is 0.258 e. The van der Waals surface area contributed by atoms with Crippen molar-refractivity contribution in [2.24, 2.45) is 0 Å². The van der Waals surface area contributed by atoms with Crippen molar-refractivity contribution in [1.82, 2.24) is 15.6 Å². The summed E-state index contributed by atoms with van der Waals surface area (Å²) >= 11 is 5.65. The topological polar surface area (TPSA) is 119 Å². The molecule has 35 heavy (non-hydrogen) atoms.